The van der Waals surface area contributed by atoms with Crippen molar-refractivity contribution >= 4 is 39.4 Å². The number of carboxylic acid groups (broad SMARTS) is 1. The summed E-state index contributed by atoms with van der Waals surface area (Å²) in [4.78, 5) is 31.2. The molecule has 1 amide bonds. The van der Waals surface area contributed by atoms with Gasteiger partial charge in [-0.25, -0.2) is 0 Å². The number of carbonyl (C=O) groups excluding carboxylic acids is 1. The van der Waals surface area contributed by atoms with Gasteiger partial charge in [-0.3, -0.25) is 28.5 Å². The number of pyridine rings is 1. The predicted octanol–water partition coefficient (Wildman–Crippen LogP) is 8.01. The van der Waals surface area contributed by atoms with Gasteiger partial charge in [0.15, 0.2) is 0 Å². The third-order valence-corrected chi connectivity index (χ3v) is 10.7. The molecule has 0 bridgehead atoms. The topological polar surface area (TPSA) is 133 Å². The molecular weight excluding hydrogens is 661 g/mol. The summed E-state index contributed by atoms with van der Waals surface area (Å²) >= 11 is 0. The van der Waals surface area contributed by atoms with Crippen LogP contribution in [0.2, 0.25) is 0 Å². The third kappa shape index (κ3) is 9.71. The van der Waals surface area contributed by atoms with Crippen LogP contribution in [0.4, 0.5) is 5.69 Å². The van der Waals surface area contributed by atoms with Crippen molar-refractivity contribution in [2.75, 3.05) is 37.5 Å². The molecule has 3 N–H and O–H groups in total. The van der Waals surface area contributed by atoms with Gasteiger partial charge in [-0.05, 0) is 116 Å². The molecule has 1 aliphatic rings. The first-order valence-electron chi connectivity index (χ1n) is 17.3. The van der Waals surface area contributed by atoms with Crippen molar-refractivity contribution in [1.82, 2.24) is 9.88 Å². The number of methoxy groups -OCH3 is 1. The summed E-state index contributed by atoms with van der Waals surface area (Å²) < 4.78 is 24.9. The molecule has 0 saturated carbocycles. The molecule has 1 fully saturated rings. The zero-order valence-corrected chi connectivity index (χ0v) is 30.9. The lowest BCUT2D eigenvalue weighted by atomic mass is 9.92. The van der Waals surface area contributed by atoms with Gasteiger partial charge in [0.05, 0.1) is 13.0 Å². The maximum Gasteiger partial charge on any atom is 0.307 e. The lowest BCUT2D eigenvalue weighted by Crippen LogP contribution is -2.23. The Balaban J connectivity index is 1.28. The number of carbonyl (C=O) groups is 2. The molecule has 2 heterocycles. The fourth-order valence-corrected chi connectivity index (χ4v) is 7.40. The van der Waals surface area contributed by atoms with E-state index in [1.807, 2.05) is 31.2 Å². The van der Waals surface area contributed by atoms with Gasteiger partial charge in [0.25, 0.3) is 5.91 Å². The zero-order chi connectivity index (χ0) is 36.7. The fourth-order valence-electron chi connectivity index (χ4n) is 6.64. The summed E-state index contributed by atoms with van der Waals surface area (Å²) in [6, 6.07) is 20.0. The summed E-state index contributed by atoms with van der Waals surface area (Å²) in [5, 5.41) is 12.4. The monoisotopic (exact) mass is 708 g/mol. The van der Waals surface area contributed by atoms with E-state index in [0.29, 0.717) is 31.0 Å². The second-order valence-corrected chi connectivity index (χ2v) is 16.0. The van der Waals surface area contributed by atoms with Crippen LogP contribution in [0.15, 0.2) is 66.9 Å². The number of rotatable bonds is 14. The van der Waals surface area contributed by atoms with Gasteiger partial charge in [0.2, 0.25) is 0 Å². The van der Waals surface area contributed by atoms with E-state index >= 15 is 0 Å². The van der Waals surface area contributed by atoms with E-state index in [1.165, 1.54) is 6.26 Å². The number of nitrogens with zero attached hydrogens (tertiary/aromatic N) is 2. The lowest BCUT2D eigenvalue weighted by molar-refractivity contribution is -0.141. The lowest BCUT2D eigenvalue weighted by Gasteiger charge is -2.19. The van der Waals surface area contributed by atoms with Crippen LogP contribution in [0.3, 0.4) is 0 Å². The van der Waals surface area contributed by atoms with Gasteiger partial charge in [-0.2, -0.15) is 0 Å². The molecule has 10 heteroatoms. The van der Waals surface area contributed by atoms with Crippen LogP contribution in [0.1, 0.15) is 68.7 Å². The molecule has 268 valence electrons. The molecule has 1 unspecified atom stereocenters. The molecule has 1 aromatic heterocycles. The minimum Gasteiger partial charge on any atom is -0.496 e. The van der Waals surface area contributed by atoms with E-state index in [-0.39, 0.29) is 11.8 Å². The molecule has 3 aromatic carbocycles. The SMILES string of the molecule is COc1cc(/C=C/c2cccc(-c3cccc(NC(=O)c4ccc(CCCCS(C)(=N)=O)cn4)c3C)c2C)c(C)cc1CN1CC[C@@H](C(=O)O)C1. The van der Waals surface area contributed by atoms with E-state index in [0.717, 1.165) is 87.3 Å². The quantitative estimate of drug-likeness (QED) is 0.0893. The summed E-state index contributed by atoms with van der Waals surface area (Å²) in [5.74, 6) is -0.143. The van der Waals surface area contributed by atoms with Crippen LogP contribution in [-0.4, -0.2) is 63.3 Å². The number of benzene rings is 3. The van der Waals surface area contributed by atoms with Crippen molar-refractivity contribution in [2.45, 2.75) is 53.0 Å². The molecule has 0 spiro atoms. The van der Waals surface area contributed by atoms with Crippen molar-refractivity contribution in [1.29, 1.82) is 4.78 Å². The first kappa shape index (κ1) is 37.5. The number of aromatic nitrogens is 1. The van der Waals surface area contributed by atoms with Crippen LogP contribution in [0.25, 0.3) is 23.3 Å². The number of aliphatic carboxylic acids is 1. The minimum absolute atomic E-state index is 0.281. The number of hydrogen-bond acceptors (Lipinski definition) is 7. The normalized spacial score (nSPS) is 15.9. The Labute approximate surface area is 301 Å². The summed E-state index contributed by atoms with van der Waals surface area (Å²) in [6.45, 7) is 8.16. The van der Waals surface area contributed by atoms with Crippen molar-refractivity contribution in [3.05, 3.63) is 111 Å². The Morgan fingerprint density at radius 2 is 1.75 bits per heavy atom. The Hall–Kier alpha value is -4.80. The Bertz CT molecular complexity index is 2040. The van der Waals surface area contributed by atoms with Crippen LogP contribution >= 0.6 is 0 Å². The third-order valence-electron chi connectivity index (χ3n) is 9.68. The highest BCUT2D eigenvalue weighted by Crippen LogP contribution is 2.34. The van der Waals surface area contributed by atoms with Gasteiger partial charge in [-0.1, -0.05) is 54.6 Å². The number of carboxylic acids is 1. The van der Waals surface area contributed by atoms with Gasteiger partial charge in [0, 0.05) is 52.3 Å². The molecule has 1 aliphatic heterocycles. The molecule has 1 saturated heterocycles. The Morgan fingerprint density at radius 1 is 1.02 bits per heavy atom. The maximum atomic E-state index is 13.2. The number of nitrogens with one attached hydrogen (secondary N) is 2. The highest BCUT2D eigenvalue weighted by Gasteiger charge is 2.28. The highest BCUT2D eigenvalue weighted by atomic mass is 32.2. The summed E-state index contributed by atoms with van der Waals surface area (Å²) in [7, 11) is -0.798. The number of ether oxygens (including phenoxy) is 1. The molecule has 2 atom stereocenters. The molecule has 0 radical (unpaired) electrons. The predicted molar refractivity (Wildman–Crippen MR) is 206 cm³/mol. The van der Waals surface area contributed by atoms with Crippen molar-refractivity contribution < 1.29 is 23.6 Å². The molecular formula is C41H48N4O5S. The number of likely N-dealkylation sites (tertiary alicyclic amines) is 1. The van der Waals surface area contributed by atoms with Crippen molar-refractivity contribution in [2.24, 2.45) is 5.92 Å². The molecule has 9 nitrogen and oxygen atoms in total. The van der Waals surface area contributed by atoms with Crippen LogP contribution in [0.5, 0.6) is 5.75 Å². The first-order valence-corrected chi connectivity index (χ1v) is 19.4. The fraction of sp³-hybridized carbons (Fsp3) is 0.341. The van der Waals surface area contributed by atoms with Gasteiger partial charge < -0.3 is 15.2 Å². The van der Waals surface area contributed by atoms with Gasteiger partial charge in [0.1, 0.15) is 11.4 Å². The average Bonchev–Trinajstić information content (AvgIpc) is 3.57. The second kappa shape index (κ2) is 16.5. The van der Waals surface area contributed by atoms with E-state index < -0.39 is 15.7 Å². The maximum absolute atomic E-state index is 13.2. The highest BCUT2D eigenvalue weighted by molar-refractivity contribution is 7.91. The Morgan fingerprint density at radius 3 is 2.41 bits per heavy atom. The number of hydrogen-bond donors (Lipinski definition) is 3. The van der Waals surface area contributed by atoms with Crippen LogP contribution < -0.4 is 10.1 Å². The van der Waals surface area contributed by atoms with Gasteiger partial charge in [-0.15, -0.1) is 0 Å². The standard InChI is InChI=1S/C41H48N4O5S/c1-27-22-34(26-45-20-19-33(25-45)41(47)48)39(50-4)23-32(27)17-16-31-11-8-12-35(28(31)2)36-13-9-14-37(29(36)3)44-40(46)38-18-15-30(24-43-38)10-6-7-21-51(5,42)49/h8-9,11-18,22-24,33,42H,6-7,10,19-21,25-26H2,1-5H3,(H,44,46)(H,47,48)/b17-16+/t33-,51?/m1/s1. The van der Waals surface area contributed by atoms with E-state index in [2.05, 4.69) is 71.5 Å². The van der Waals surface area contributed by atoms with Crippen LogP contribution in [0, 0.1) is 31.5 Å². The number of unbranched alkanes of at least 4 members (excludes halogenated alkanes) is 1. The first-order chi connectivity index (χ1) is 24.3. The van der Waals surface area contributed by atoms with Crippen LogP contribution in [-0.2, 0) is 27.5 Å². The second-order valence-electron chi connectivity index (χ2n) is 13.6. The number of amides is 1. The van der Waals surface area contributed by atoms with Crippen molar-refractivity contribution in [3.63, 3.8) is 0 Å². The Kier molecular flexibility index (Phi) is 12.1. The molecule has 4 aromatic rings. The zero-order valence-electron chi connectivity index (χ0n) is 30.1. The molecule has 0 aliphatic carbocycles. The van der Waals surface area contributed by atoms with E-state index in [1.54, 1.807) is 19.4 Å². The average molecular weight is 709 g/mol. The number of aryl methyl sites for hydroxylation is 2. The smallest absolute Gasteiger partial charge is 0.307 e. The van der Waals surface area contributed by atoms with Crippen molar-refractivity contribution in [3.8, 4) is 16.9 Å². The number of anilines is 1. The van der Waals surface area contributed by atoms with E-state index in [9.17, 15) is 18.9 Å². The minimum atomic E-state index is -2.47. The largest absolute Gasteiger partial charge is 0.496 e. The summed E-state index contributed by atoms with van der Waals surface area (Å²) in [6.07, 6.45) is 10.4. The molecule has 5 rings (SSSR count). The van der Waals surface area contributed by atoms with E-state index in [4.69, 9.17) is 9.52 Å². The van der Waals surface area contributed by atoms with Gasteiger partial charge >= 0.3 is 5.97 Å². The summed E-state index contributed by atoms with van der Waals surface area (Å²) in [5.41, 5.74) is 10.5. The molecule has 51 heavy (non-hydrogen) atoms.